The summed E-state index contributed by atoms with van der Waals surface area (Å²) in [6.07, 6.45) is 5.24. The Hall–Kier alpha value is -1.06. The van der Waals surface area contributed by atoms with Gasteiger partial charge in [-0.3, -0.25) is 4.79 Å². The lowest BCUT2D eigenvalue weighted by atomic mass is 9.71. The second-order valence-electron chi connectivity index (χ2n) is 4.50. The highest BCUT2D eigenvalue weighted by atomic mass is 16.5. The van der Waals surface area contributed by atoms with Gasteiger partial charge < -0.3 is 10.5 Å². The van der Waals surface area contributed by atoms with E-state index in [1.54, 1.807) is 0 Å². The molecule has 1 heterocycles. The van der Waals surface area contributed by atoms with Crippen LogP contribution in [-0.2, 0) is 9.53 Å². The predicted molar refractivity (Wildman–Crippen MR) is 52.7 cm³/mol. The van der Waals surface area contributed by atoms with Crippen LogP contribution in [0, 0.1) is 5.41 Å². The molecule has 1 aliphatic carbocycles. The molecular weight excluding hydrogens is 180 g/mol. The second kappa shape index (κ2) is 3.26. The van der Waals surface area contributed by atoms with E-state index in [2.05, 4.69) is 11.9 Å². The molecule has 4 nitrogen and oxygen atoms in total. The molecule has 1 amide bonds. The van der Waals surface area contributed by atoms with Gasteiger partial charge in [-0.2, -0.15) is 4.99 Å². The molecule has 1 atom stereocenters. The van der Waals surface area contributed by atoms with Crippen LogP contribution in [0.2, 0.25) is 0 Å². The summed E-state index contributed by atoms with van der Waals surface area (Å²) in [6.45, 7) is 2.10. The van der Waals surface area contributed by atoms with Gasteiger partial charge in [0.15, 0.2) is 6.10 Å². The summed E-state index contributed by atoms with van der Waals surface area (Å²) in [6, 6.07) is 0.0341. The summed E-state index contributed by atoms with van der Waals surface area (Å²) < 4.78 is 5.29. The SMILES string of the molecule is CC1(C2OC(N)=NC2=O)CCCCC1. The van der Waals surface area contributed by atoms with Gasteiger partial charge in [0.05, 0.1) is 0 Å². The molecule has 78 valence electrons. The van der Waals surface area contributed by atoms with Gasteiger partial charge in [0.1, 0.15) is 0 Å². The van der Waals surface area contributed by atoms with Gasteiger partial charge >= 0.3 is 0 Å². The van der Waals surface area contributed by atoms with E-state index in [-0.39, 0.29) is 17.3 Å². The number of aliphatic imine (C=N–C) groups is 1. The van der Waals surface area contributed by atoms with Gasteiger partial charge in [0.25, 0.3) is 11.9 Å². The Kier molecular flexibility index (Phi) is 2.21. The van der Waals surface area contributed by atoms with Gasteiger partial charge in [-0.05, 0) is 12.8 Å². The molecular formula is C10H16N2O2. The largest absolute Gasteiger partial charge is 0.451 e. The first-order valence-corrected chi connectivity index (χ1v) is 5.16. The summed E-state index contributed by atoms with van der Waals surface area (Å²) in [5.74, 6) is -0.202. The minimum Gasteiger partial charge on any atom is -0.451 e. The number of amides is 1. The van der Waals surface area contributed by atoms with Crippen LogP contribution in [0.5, 0.6) is 0 Å². The topological polar surface area (TPSA) is 64.7 Å². The number of carbonyl (C=O) groups excluding carboxylic acids is 1. The number of rotatable bonds is 1. The number of nitrogens with zero attached hydrogens (tertiary/aromatic N) is 1. The Labute approximate surface area is 83.5 Å². The number of carbonyl (C=O) groups is 1. The van der Waals surface area contributed by atoms with E-state index in [1.165, 1.54) is 19.3 Å². The average molecular weight is 196 g/mol. The van der Waals surface area contributed by atoms with Gasteiger partial charge in [-0.25, -0.2) is 0 Å². The van der Waals surface area contributed by atoms with Crippen LogP contribution in [0.25, 0.3) is 0 Å². The van der Waals surface area contributed by atoms with Gasteiger partial charge in [-0.1, -0.05) is 26.2 Å². The van der Waals surface area contributed by atoms with Crippen molar-refractivity contribution in [1.29, 1.82) is 0 Å². The zero-order chi connectivity index (χ0) is 10.2. The molecule has 0 bridgehead atoms. The smallest absolute Gasteiger partial charge is 0.291 e. The van der Waals surface area contributed by atoms with Crippen molar-refractivity contribution in [3.05, 3.63) is 0 Å². The third kappa shape index (κ3) is 1.49. The second-order valence-corrected chi connectivity index (χ2v) is 4.50. The van der Waals surface area contributed by atoms with E-state index in [9.17, 15) is 4.79 Å². The fraction of sp³-hybridized carbons (Fsp3) is 0.800. The molecule has 0 aromatic rings. The monoisotopic (exact) mass is 196 g/mol. The van der Waals surface area contributed by atoms with Gasteiger partial charge in [0.2, 0.25) is 0 Å². The van der Waals surface area contributed by atoms with Crippen LogP contribution >= 0.6 is 0 Å². The highest BCUT2D eigenvalue weighted by molar-refractivity contribution is 5.98. The molecule has 0 radical (unpaired) electrons. The summed E-state index contributed by atoms with van der Waals surface area (Å²) >= 11 is 0. The molecule has 0 spiro atoms. The van der Waals surface area contributed by atoms with Crippen molar-refractivity contribution in [2.75, 3.05) is 0 Å². The van der Waals surface area contributed by atoms with Crippen molar-refractivity contribution in [1.82, 2.24) is 0 Å². The predicted octanol–water partition coefficient (Wildman–Crippen LogP) is 1.20. The fourth-order valence-electron chi connectivity index (χ4n) is 2.43. The molecule has 1 unspecified atom stereocenters. The zero-order valence-electron chi connectivity index (χ0n) is 8.45. The lowest BCUT2D eigenvalue weighted by Gasteiger charge is -2.36. The lowest BCUT2D eigenvalue weighted by Crippen LogP contribution is -2.39. The van der Waals surface area contributed by atoms with Crippen molar-refractivity contribution in [3.8, 4) is 0 Å². The fourth-order valence-corrected chi connectivity index (χ4v) is 2.43. The zero-order valence-corrected chi connectivity index (χ0v) is 8.45. The van der Waals surface area contributed by atoms with Crippen LogP contribution in [0.15, 0.2) is 4.99 Å². The molecule has 2 aliphatic rings. The first-order valence-electron chi connectivity index (χ1n) is 5.16. The van der Waals surface area contributed by atoms with E-state index in [0.29, 0.717) is 0 Å². The van der Waals surface area contributed by atoms with Crippen LogP contribution in [0.1, 0.15) is 39.0 Å². The molecule has 1 aliphatic heterocycles. The average Bonchev–Trinajstić information content (AvgIpc) is 2.47. The van der Waals surface area contributed by atoms with Crippen LogP contribution in [-0.4, -0.2) is 18.0 Å². The van der Waals surface area contributed by atoms with Crippen molar-refractivity contribution in [3.63, 3.8) is 0 Å². The van der Waals surface area contributed by atoms with Crippen molar-refractivity contribution < 1.29 is 9.53 Å². The molecule has 0 aromatic heterocycles. The van der Waals surface area contributed by atoms with E-state index < -0.39 is 6.10 Å². The molecule has 2 N–H and O–H groups in total. The minimum atomic E-state index is -0.428. The maximum atomic E-state index is 11.5. The first-order chi connectivity index (χ1) is 6.62. The third-order valence-corrected chi connectivity index (χ3v) is 3.31. The Morgan fingerprint density at radius 1 is 1.43 bits per heavy atom. The minimum absolute atomic E-state index is 0.0341. The van der Waals surface area contributed by atoms with Gasteiger partial charge in [0, 0.05) is 5.41 Å². The Morgan fingerprint density at radius 2 is 2.07 bits per heavy atom. The van der Waals surface area contributed by atoms with Gasteiger partial charge in [-0.15, -0.1) is 0 Å². The van der Waals surface area contributed by atoms with E-state index in [4.69, 9.17) is 10.5 Å². The number of amidine groups is 1. The molecule has 1 saturated carbocycles. The summed E-state index contributed by atoms with van der Waals surface area (Å²) in [7, 11) is 0. The maximum absolute atomic E-state index is 11.5. The number of hydrogen-bond acceptors (Lipinski definition) is 3. The van der Waals surface area contributed by atoms with Crippen LogP contribution < -0.4 is 5.73 Å². The molecule has 14 heavy (non-hydrogen) atoms. The van der Waals surface area contributed by atoms with E-state index >= 15 is 0 Å². The highest BCUT2D eigenvalue weighted by Gasteiger charge is 2.44. The Morgan fingerprint density at radius 3 is 2.57 bits per heavy atom. The number of nitrogens with two attached hydrogens (primary N) is 1. The number of ether oxygens (including phenoxy) is 1. The summed E-state index contributed by atoms with van der Waals surface area (Å²) in [5.41, 5.74) is 5.33. The van der Waals surface area contributed by atoms with Crippen LogP contribution in [0.4, 0.5) is 0 Å². The number of hydrogen-bond donors (Lipinski definition) is 1. The quantitative estimate of drug-likeness (QED) is 0.685. The molecule has 4 heteroatoms. The van der Waals surface area contributed by atoms with Crippen molar-refractivity contribution in [2.45, 2.75) is 45.1 Å². The maximum Gasteiger partial charge on any atom is 0.291 e. The molecule has 0 aromatic carbocycles. The van der Waals surface area contributed by atoms with E-state index in [0.717, 1.165) is 12.8 Å². The van der Waals surface area contributed by atoms with Crippen LogP contribution in [0.3, 0.4) is 0 Å². The standard InChI is InChI=1S/C10H16N2O2/c1-10(5-3-2-4-6-10)7-8(13)12-9(11)14-7/h7H,2-6H2,1H3,(H2,11,12,13). The normalized spacial score (nSPS) is 31.1. The van der Waals surface area contributed by atoms with Crippen molar-refractivity contribution in [2.24, 2.45) is 16.1 Å². The summed E-state index contributed by atoms with van der Waals surface area (Å²) in [4.78, 5) is 15.1. The Balaban J connectivity index is 2.11. The lowest BCUT2D eigenvalue weighted by molar-refractivity contribution is -0.129. The molecule has 1 fully saturated rings. The first kappa shape index (κ1) is 9.49. The highest BCUT2D eigenvalue weighted by Crippen LogP contribution is 2.41. The summed E-state index contributed by atoms with van der Waals surface area (Å²) in [5, 5.41) is 0. The Bertz CT molecular complexity index is 280. The molecule has 2 rings (SSSR count). The van der Waals surface area contributed by atoms with Crippen molar-refractivity contribution >= 4 is 11.9 Å². The molecule has 0 saturated heterocycles. The van der Waals surface area contributed by atoms with E-state index in [1.807, 2.05) is 0 Å². The third-order valence-electron chi connectivity index (χ3n) is 3.31.